The molecule has 0 saturated carbocycles. The Morgan fingerprint density at radius 2 is 2.32 bits per heavy atom. The molecule has 1 saturated heterocycles. The lowest BCUT2D eigenvalue weighted by Gasteiger charge is -2.34. The number of carbonyl (C=O) groups excluding carboxylic acids is 1. The summed E-state index contributed by atoms with van der Waals surface area (Å²) >= 11 is 0. The lowest BCUT2D eigenvalue weighted by Crippen LogP contribution is -2.51. The minimum Gasteiger partial charge on any atom is -0.495 e. The third kappa shape index (κ3) is 2.98. The number of nitrogens with one attached hydrogen (secondary N) is 1. The summed E-state index contributed by atoms with van der Waals surface area (Å²) in [5, 5.41) is 2.91. The van der Waals surface area contributed by atoms with E-state index in [-0.39, 0.29) is 6.03 Å². The fourth-order valence-electron chi connectivity index (χ4n) is 2.38. The number of hydrogen-bond acceptors (Lipinski definition) is 3. The third-order valence-corrected chi connectivity index (χ3v) is 3.43. The molecular weight excluding hydrogens is 242 g/mol. The molecular formula is C14H21N3O2. The van der Waals surface area contributed by atoms with Crippen LogP contribution in [0.4, 0.5) is 10.5 Å². The Balaban J connectivity index is 2.27. The van der Waals surface area contributed by atoms with Crippen LogP contribution in [-0.4, -0.2) is 32.8 Å². The van der Waals surface area contributed by atoms with Crippen molar-refractivity contribution in [3.05, 3.63) is 23.8 Å². The number of aryl methyl sites for hydroxylation is 1. The molecule has 0 spiro atoms. The van der Waals surface area contributed by atoms with Crippen molar-refractivity contribution >= 4 is 11.7 Å². The summed E-state index contributed by atoms with van der Waals surface area (Å²) in [6.07, 6.45) is 0.908. The summed E-state index contributed by atoms with van der Waals surface area (Å²) < 4.78 is 5.35. The Hall–Kier alpha value is -1.75. The minimum atomic E-state index is -0.0721. The van der Waals surface area contributed by atoms with Crippen molar-refractivity contribution in [2.24, 2.45) is 11.7 Å². The predicted molar refractivity (Wildman–Crippen MR) is 75.6 cm³/mol. The van der Waals surface area contributed by atoms with E-state index in [1.807, 2.05) is 25.1 Å². The highest BCUT2D eigenvalue weighted by molar-refractivity contribution is 5.94. The normalized spacial score (nSPS) is 19.2. The molecule has 1 unspecified atom stereocenters. The van der Waals surface area contributed by atoms with Crippen molar-refractivity contribution in [1.82, 2.24) is 5.32 Å². The number of nitrogens with zero attached hydrogens (tertiary/aromatic N) is 1. The Labute approximate surface area is 113 Å². The first-order valence-electron chi connectivity index (χ1n) is 6.55. The minimum absolute atomic E-state index is 0.0721. The van der Waals surface area contributed by atoms with Crippen LogP contribution in [0, 0.1) is 12.8 Å². The van der Waals surface area contributed by atoms with Crippen LogP contribution in [0.25, 0.3) is 0 Å². The number of benzene rings is 1. The summed E-state index contributed by atoms with van der Waals surface area (Å²) in [5.41, 5.74) is 7.52. The second-order valence-electron chi connectivity index (χ2n) is 4.92. The van der Waals surface area contributed by atoms with Gasteiger partial charge < -0.3 is 15.8 Å². The quantitative estimate of drug-likeness (QED) is 0.865. The number of urea groups is 1. The van der Waals surface area contributed by atoms with E-state index in [4.69, 9.17) is 10.5 Å². The lowest BCUT2D eigenvalue weighted by molar-refractivity contribution is 0.236. The van der Waals surface area contributed by atoms with Crippen molar-refractivity contribution in [3.63, 3.8) is 0 Å². The largest absolute Gasteiger partial charge is 0.495 e. The molecule has 104 valence electrons. The maximum Gasteiger partial charge on any atom is 0.322 e. The molecule has 1 atom stereocenters. The molecule has 0 bridgehead atoms. The number of hydrogen-bond donors (Lipinski definition) is 2. The number of amides is 2. The van der Waals surface area contributed by atoms with E-state index in [0.717, 1.165) is 17.7 Å². The van der Waals surface area contributed by atoms with E-state index in [1.165, 1.54) is 0 Å². The summed E-state index contributed by atoms with van der Waals surface area (Å²) in [5.74, 6) is 1.10. The number of anilines is 1. The molecule has 1 aromatic carbocycles. The first-order valence-corrected chi connectivity index (χ1v) is 6.55. The van der Waals surface area contributed by atoms with Gasteiger partial charge in [0.15, 0.2) is 0 Å². The van der Waals surface area contributed by atoms with Crippen molar-refractivity contribution in [2.75, 3.05) is 31.6 Å². The number of carbonyl (C=O) groups is 1. The predicted octanol–water partition coefficient (Wildman–Crippen LogP) is 1.50. The molecule has 5 nitrogen and oxygen atoms in total. The van der Waals surface area contributed by atoms with Crippen LogP contribution in [0.2, 0.25) is 0 Å². The zero-order chi connectivity index (χ0) is 13.8. The molecule has 19 heavy (non-hydrogen) atoms. The monoisotopic (exact) mass is 263 g/mol. The second-order valence-corrected chi connectivity index (χ2v) is 4.92. The summed E-state index contributed by atoms with van der Waals surface area (Å²) in [6, 6.07) is 5.77. The van der Waals surface area contributed by atoms with E-state index in [1.54, 1.807) is 12.0 Å². The average Bonchev–Trinajstić information content (AvgIpc) is 2.41. The van der Waals surface area contributed by atoms with Crippen molar-refractivity contribution < 1.29 is 9.53 Å². The topological polar surface area (TPSA) is 67.6 Å². The van der Waals surface area contributed by atoms with Gasteiger partial charge in [0, 0.05) is 13.1 Å². The van der Waals surface area contributed by atoms with Crippen molar-refractivity contribution in [2.45, 2.75) is 13.3 Å². The number of rotatable bonds is 4. The summed E-state index contributed by atoms with van der Waals surface area (Å²) in [4.78, 5) is 13.8. The van der Waals surface area contributed by atoms with Gasteiger partial charge in [-0.15, -0.1) is 0 Å². The van der Waals surface area contributed by atoms with Gasteiger partial charge in [-0.25, -0.2) is 4.79 Å². The average molecular weight is 263 g/mol. The van der Waals surface area contributed by atoms with Gasteiger partial charge in [-0.1, -0.05) is 6.07 Å². The third-order valence-electron chi connectivity index (χ3n) is 3.43. The first kappa shape index (κ1) is 13.7. The van der Waals surface area contributed by atoms with Crippen LogP contribution in [0.5, 0.6) is 5.75 Å². The van der Waals surface area contributed by atoms with Crippen LogP contribution in [0.15, 0.2) is 18.2 Å². The van der Waals surface area contributed by atoms with Crippen molar-refractivity contribution in [1.29, 1.82) is 0 Å². The van der Waals surface area contributed by atoms with Gasteiger partial charge in [-0.3, -0.25) is 4.90 Å². The molecule has 5 heteroatoms. The Morgan fingerprint density at radius 1 is 1.53 bits per heavy atom. The maximum atomic E-state index is 12.1. The highest BCUT2D eigenvalue weighted by atomic mass is 16.5. The number of methoxy groups -OCH3 is 1. The van der Waals surface area contributed by atoms with Crippen LogP contribution in [0.1, 0.15) is 12.0 Å². The molecule has 0 aromatic heterocycles. The molecule has 1 aliphatic heterocycles. The van der Waals surface area contributed by atoms with E-state index in [2.05, 4.69) is 5.32 Å². The van der Waals surface area contributed by atoms with Crippen LogP contribution in [0.3, 0.4) is 0 Å². The van der Waals surface area contributed by atoms with Gasteiger partial charge in [0.25, 0.3) is 0 Å². The second kappa shape index (κ2) is 5.93. The fourth-order valence-corrected chi connectivity index (χ4v) is 2.38. The Kier molecular flexibility index (Phi) is 4.27. The summed E-state index contributed by atoms with van der Waals surface area (Å²) in [7, 11) is 1.62. The van der Waals surface area contributed by atoms with Gasteiger partial charge in [0.05, 0.1) is 12.8 Å². The van der Waals surface area contributed by atoms with Crippen LogP contribution >= 0.6 is 0 Å². The molecule has 1 fully saturated rings. The zero-order valence-electron chi connectivity index (χ0n) is 11.5. The van der Waals surface area contributed by atoms with E-state index < -0.39 is 0 Å². The van der Waals surface area contributed by atoms with Gasteiger partial charge >= 0.3 is 6.03 Å². The summed E-state index contributed by atoms with van der Waals surface area (Å²) in [6.45, 7) is 4.02. The SMILES string of the molecule is COc1ccc(C)cc1N1CC(CCN)CNC1=O. The molecule has 2 amide bonds. The standard InChI is InChI=1S/C14H21N3O2/c1-10-3-4-13(19-2)12(7-10)17-9-11(5-6-15)8-16-14(17)18/h3-4,7,11H,5-6,8-9,15H2,1-2H3,(H,16,18). The molecule has 0 aliphatic carbocycles. The number of ether oxygens (including phenoxy) is 1. The van der Waals surface area contributed by atoms with Gasteiger partial charge in [0.2, 0.25) is 0 Å². The van der Waals surface area contributed by atoms with E-state index in [0.29, 0.717) is 31.3 Å². The highest BCUT2D eigenvalue weighted by Gasteiger charge is 2.27. The fraction of sp³-hybridized carbons (Fsp3) is 0.500. The molecule has 2 rings (SSSR count). The van der Waals surface area contributed by atoms with Gasteiger partial charge in [-0.05, 0) is 43.5 Å². The smallest absolute Gasteiger partial charge is 0.322 e. The van der Waals surface area contributed by atoms with E-state index in [9.17, 15) is 4.79 Å². The highest BCUT2D eigenvalue weighted by Crippen LogP contribution is 2.31. The molecule has 1 aromatic rings. The molecule has 1 heterocycles. The molecule has 1 aliphatic rings. The number of nitrogens with two attached hydrogens (primary N) is 1. The molecule has 3 N–H and O–H groups in total. The van der Waals surface area contributed by atoms with Crippen LogP contribution < -0.4 is 20.7 Å². The molecule has 0 radical (unpaired) electrons. The van der Waals surface area contributed by atoms with Crippen molar-refractivity contribution in [3.8, 4) is 5.75 Å². The van der Waals surface area contributed by atoms with E-state index >= 15 is 0 Å². The zero-order valence-corrected chi connectivity index (χ0v) is 11.5. The Bertz CT molecular complexity index is 462. The van der Waals surface area contributed by atoms with Gasteiger partial charge in [-0.2, -0.15) is 0 Å². The van der Waals surface area contributed by atoms with Crippen LogP contribution in [-0.2, 0) is 0 Å². The Morgan fingerprint density at radius 3 is 3.00 bits per heavy atom. The first-order chi connectivity index (χ1) is 9.15. The lowest BCUT2D eigenvalue weighted by atomic mass is 10.0. The van der Waals surface area contributed by atoms with Gasteiger partial charge in [0.1, 0.15) is 5.75 Å². The maximum absolute atomic E-state index is 12.1.